The van der Waals surface area contributed by atoms with Crippen LogP contribution in [0.2, 0.25) is 10.0 Å². The molecule has 0 unspecified atom stereocenters. The number of benzene rings is 2. The van der Waals surface area contributed by atoms with E-state index in [1.165, 1.54) is 29.3 Å². The first-order valence-corrected chi connectivity index (χ1v) is 9.21. The highest BCUT2D eigenvalue weighted by Gasteiger charge is 2.20. The van der Waals surface area contributed by atoms with Gasteiger partial charge in [0.05, 0.1) is 10.0 Å². The molecule has 0 amide bonds. The van der Waals surface area contributed by atoms with Gasteiger partial charge in [0.1, 0.15) is 0 Å². The number of fused-ring (bicyclic) bond motifs is 1. The van der Waals surface area contributed by atoms with Crippen molar-refractivity contribution in [3.8, 4) is 0 Å². The molecule has 1 saturated heterocycles. The Morgan fingerprint density at radius 3 is 2.56 bits per heavy atom. The SMILES string of the molecule is Cl.Clc1cccc(Cn2cc(C3CCNCC3)c3ccccc32)c1Cl. The van der Waals surface area contributed by atoms with E-state index in [2.05, 4.69) is 40.3 Å². The minimum atomic E-state index is 0. The maximum atomic E-state index is 6.40. The van der Waals surface area contributed by atoms with Crippen LogP contribution in [0.1, 0.15) is 29.9 Å². The lowest BCUT2D eigenvalue weighted by Gasteiger charge is -2.22. The van der Waals surface area contributed by atoms with Gasteiger partial charge in [0.15, 0.2) is 0 Å². The van der Waals surface area contributed by atoms with E-state index < -0.39 is 0 Å². The number of piperidine rings is 1. The van der Waals surface area contributed by atoms with E-state index in [1.54, 1.807) is 0 Å². The van der Waals surface area contributed by atoms with Crippen LogP contribution in [0.4, 0.5) is 0 Å². The Bertz CT molecular complexity index is 867. The van der Waals surface area contributed by atoms with Crippen LogP contribution in [-0.4, -0.2) is 17.7 Å². The Morgan fingerprint density at radius 1 is 1.00 bits per heavy atom. The zero-order valence-corrected chi connectivity index (χ0v) is 16.2. The lowest BCUT2D eigenvalue weighted by Crippen LogP contribution is -2.26. The number of hydrogen-bond donors (Lipinski definition) is 1. The Kier molecular flexibility index (Phi) is 5.96. The van der Waals surface area contributed by atoms with E-state index in [0.29, 0.717) is 16.0 Å². The van der Waals surface area contributed by atoms with Crippen molar-refractivity contribution in [3.05, 3.63) is 69.8 Å². The highest BCUT2D eigenvalue weighted by molar-refractivity contribution is 6.42. The second-order valence-electron chi connectivity index (χ2n) is 6.47. The lowest BCUT2D eigenvalue weighted by atomic mass is 9.90. The summed E-state index contributed by atoms with van der Waals surface area (Å²) in [6, 6.07) is 14.5. The maximum Gasteiger partial charge on any atom is 0.0642 e. The molecule has 0 bridgehead atoms. The summed E-state index contributed by atoms with van der Waals surface area (Å²) in [7, 11) is 0. The highest BCUT2D eigenvalue weighted by atomic mass is 35.5. The second kappa shape index (κ2) is 8.01. The van der Waals surface area contributed by atoms with Crippen molar-refractivity contribution in [2.24, 2.45) is 0 Å². The Labute approximate surface area is 164 Å². The van der Waals surface area contributed by atoms with Crippen molar-refractivity contribution in [1.82, 2.24) is 9.88 Å². The number of halogens is 3. The summed E-state index contributed by atoms with van der Waals surface area (Å²) < 4.78 is 2.31. The van der Waals surface area contributed by atoms with E-state index in [4.69, 9.17) is 23.2 Å². The summed E-state index contributed by atoms with van der Waals surface area (Å²) >= 11 is 12.6. The topological polar surface area (TPSA) is 17.0 Å². The summed E-state index contributed by atoms with van der Waals surface area (Å²) in [6.45, 7) is 2.94. The molecule has 25 heavy (non-hydrogen) atoms. The highest BCUT2D eigenvalue weighted by Crippen LogP contribution is 2.34. The molecule has 0 aliphatic carbocycles. The van der Waals surface area contributed by atoms with Crippen LogP contribution in [0.15, 0.2) is 48.7 Å². The molecule has 2 heterocycles. The summed E-state index contributed by atoms with van der Waals surface area (Å²) in [5.74, 6) is 0.632. The molecule has 132 valence electrons. The van der Waals surface area contributed by atoms with Gasteiger partial charge in [0.25, 0.3) is 0 Å². The molecule has 5 heteroatoms. The molecule has 2 nitrogen and oxygen atoms in total. The molecule has 1 aliphatic rings. The minimum absolute atomic E-state index is 0. The fourth-order valence-electron chi connectivity index (χ4n) is 3.72. The predicted molar refractivity (Wildman–Crippen MR) is 110 cm³/mol. The Morgan fingerprint density at radius 2 is 1.76 bits per heavy atom. The second-order valence-corrected chi connectivity index (χ2v) is 7.25. The average Bonchev–Trinajstić information content (AvgIpc) is 2.99. The molecule has 0 saturated carbocycles. The monoisotopic (exact) mass is 394 g/mol. The van der Waals surface area contributed by atoms with Crippen molar-refractivity contribution < 1.29 is 0 Å². The van der Waals surface area contributed by atoms with Crippen molar-refractivity contribution >= 4 is 46.5 Å². The van der Waals surface area contributed by atoms with Gasteiger partial charge in [0, 0.05) is 23.6 Å². The van der Waals surface area contributed by atoms with E-state index in [9.17, 15) is 0 Å². The number of aromatic nitrogens is 1. The lowest BCUT2D eigenvalue weighted by molar-refractivity contribution is 0.461. The maximum absolute atomic E-state index is 6.40. The summed E-state index contributed by atoms with van der Waals surface area (Å²) in [4.78, 5) is 0. The molecular formula is C20H21Cl3N2. The number of rotatable bonds is 3. The standard InChI is InChI=1S/C20H20Cl2N2.ClH/c21-18-6-3-4-15(20(18)22)12-24-13-17(14-8-10-23-11-9-14)16-5-1-2-7-19(16)24;/h1-7,13-14,23H,8-12H2;1H. The summed E-state index contributed by atoms with van der Waals surface area (Å²) in [6.07, 6.45) is 4.72. The van der Waals surface area contributed by atoms with Crippen LogP contribution in [0.3, 0.4) is 0 Å². The molecule has 1 N–H and O–H groups in total. The van der Waals surface area contributed by atoms with E-state index in [0.717, 1.165) is 25.2 Å². The van der Waals surface area contributed by atoms with Gasteiger partial charge in [-0.2, -0.15) is 0 Å². The minimum Gasteiger partial charge on any atom is -0.343 e. The van der Waals surface area contributed by atoms with Gasteiger partial charge in [-0.25, -0.2) is 0 Å². The third kappa shape index (κ3) is 3.68. The van der Waals surface area contributed by atoms with Crippen molar-refractivity contribution in [2.45, 2.75) is 25.3 Å². The average molecular weight is 396 g/mol. The fraction of sp³-hybridized carbons (Fsp3) is 0.300. The van der Waals surface area contributed by atoms with E-state index in [1.807, 2.05) is 18.2 Å². The number of nitrogens with zero attached hydrogens (tertiary/aromatic N) is 1. The van der Waals surface area contributed by atoms with Gasteiger partial charge < -0.3 is 9.88 Å². The number of para-hydroxylation sites is 1. The van der Waals surface area contributed by atoms with Gasteiger partial charge in [0.2, 0.25) is 0 Å². The number of nitrogens with one attached hydrogen (secondary N) is 1. The molecule has 4 rings (SSSR count). The van der Waals surface area contributed by atoms with Crippen molar-refractivity contribution in [2.75, 3.05) is 13.1 Å². The van der Waals surface area contributed by atoms with Gasteiger partial charge in [-0.1, -0.05) is 53.5 Å². The molecule has 0 spiro atoms. The zero-order valence-electron chi connectivity index (χ0n) is 13.8. The van der Waals surface area contributed by atoms with Gasteiger partial charge >= 0.3 is 0 Å². The van der Waals surface area contributed by atoms with E-state index in [-0.39, 0.29) is 12.4 Å². The first-order valence-electron chi connectivity index (χ1n) is 8.45. The molecule has 1 fully saturated rings. The quantitative estimate of drug-likeness (QED) is 0.585. The van der Waals surface area contributed by atoms with Crippen molar-refractivity contribution in [1.29, 1.82) is 0 Å². The summed E-state index contributed by atoms with van der Waals surface area (Å²) in [5, 5.41) is 6.09. The van der Waals surface area contributed by atoms with Crippen LogP contribution in [0.25, 0.3) is 10.9 Å². The first kappa shape index (κ1) is 18.6. The van der Waals surface area contributed by atoms with Crippen LogP contribution < -0.4 is 5.32 Å². The Hall–Kier alpha value is -1.19. The van der Waals surface area contributed by atoms with Gasteiger partial charge in [-0.15, -0.1) is 12.4 Å². The van der Waals surface area contributed by atoms with Crippen LogP contribution in [-0.2, 0) is 6.54 Å². The smallest absolute Gasteiger partial charge is 0.0642 e. The zero-order chi connectivity index (χ0) is 16.5. The third-order valence-electron chi connectivity index (χ3n) is 4.97. The van der Waals surface area contributed by atoms with Crippen LogP contribution >= 0.6 is 35.6 Å². The van der Waals surface area contributed by atoms with Gasteiger partial charge in [-0.05, 0) is 55.1 Å². The van der Waals surface area contributed by atoms with Gasteiger partial charge in [-0.3, -0.25) is 0 Å². The molecule has 0 atom stereocenters. The third-order valence-corrected chi connectivity index (χ3v) is 5.83. The largest absolute Gasteiger partial charge is 0.343 e. The Balaban J connectivity index is 0.00000182. The first-order chi connectivity index (χ1) is 11.7. The molecule has 3 aromatic rings. The predicted octanol–water partition coefficient (Wildman–Crippen LogP) is 5.89. The van der Waals surface area contributed by atoms with Crippen LogP contribution in [0, 0.1) is 0 Å². The molecule has 1 aliphatic heterocycles. The molecule has 1 aromatic heterocycles. The number of hydrogen-bond acceptors (Lipinski definition) is 1. The fourth-order valence-corrected chi connectivity index (χ4v) is 4.10. The normalized spacial score (nSPS) is 15.3. The molecule has 0 radical (unpaired) electrons. The van der Waals surface area contributed by atoms with Crippen LogP contribution in [0.5, 0.6) is 0 Å². The van der Waals surface area contributed by atoms with Crippen molar-refractivity contribution in [3.63, 3.8) is 0 Å². The summed E-state index contributed by atoms with van der Waals surface area (Å²) in [5.41, 5.74) is 3.79. The van der Waals surface area contributed by atoms with E-state index >= 15 is 0 Å². The molecular weight excluding hydrogens is 375 g/mol. The molecule has 2 aromatic carbocycles.